The van der Waals surface area contributed by atoms with Crippen LogP contribution in [0.4, 0.5) is 4.39 Å². The van der Waals surface area contributed by atoms with E-state index < -0.39 is 0 Å². The Kier molecular flexibility index (Phi) is 3.74. The number of benzene rings is 1. The molecule has 1 amide bonds. The summed E-state index contributed by atoms with van der Waals surface area (Å²) in [7, 11) is 0. The van der Waals surface area contributed by atoms with Crippen molar-refractivity contribution in [2.45, 2.75) is 38.1 Å². The van der Waals surface area contributed by atoms with Crippen LogP contribution >= 0.6 is 0 Å². The number of nitrogens with one attached hydrogen (secondary N) is 2. The van der Waals surface area contributed by atoms with Gasteiger partial charge in [0.25, 0.3) is 0 Å². The molecule has 0 aromatic heterocycles. The summed E-state index contributed by atoms with van der Waals surface area (Å²) in [4.78, 5) is 12.5. The molecule has 2 fully saturated rings. The Bertz CT molecular complexity index is 493. The van der Waals surface area contributed by atoms with Crippen molar-refractivity contribution in [3.63, 3.8) is 0 Å². The summed E-state index contributed by atoms with van der Waals surface area (Å²) in [6, 6.07) is 6.90. The minimum absolute atomic E-state index is 0.161. The Balaban J connectivity index is 1.61. The fourth-order valence-electron chi connectivity index (χ4n) is 2.98. The molecule has 1 aromatic carbocycles. The fourth-order valence-corrected chi connectivity index (χ4v) is 2.98. The van der Waals surface area contributed by atoms with Crippen molar-refractivity contribution in [2.24, 2.45) is 5.41 Å². The maximum atomic E-state index is 13.2. The molecule has 0 bridgehead atoms. The molecule has 20 heavy (non-hydrogen) atoms. The van der Waals surface area contributed by atoms with Crippen LogP contribution in [0, 0.1) is 11.2 Å². The lowest BCUT2D eigenvalue weighted by Gasteiger charge is -2.26. The molecule has 1 aromatic rings. The van der Waals surface area contributed by atoms with Gasteiger partial charge in [0.15, 0.2) is 0 Å². The molecule has 3 rings (SSSR count). The highest BCUT2D eigenvalue weighted by atomic mass is 19.1. The summed E-state index contributed by atoms with van der Waals surface area (Å²) in [5, 5.41) is 6.48. The molecule has 0 spiro atoms. The van der Waals surface area contributed by atoms with Crippen LogP contribution in [0.15, 0.2) is 24.3 Å². The molecule has 1 heterocycles. The van der Waals surface area contributed by atoms with Gasteiger partial charge in [-0.1, -0.05) is 12.1 Å². The van der Waals surface area contributed by atoms with E-state index in [1.54, 1.807) is 6.07 Å². The number of rotatable bonds is 4. The van der Waals surface area contributed by atoms with Crippen LogP contribution in [0.25, 0.3) is 0 Å². The minimum atomic E-state index is -0.279. The standard InChI is InChI=1S/C16H21FN2O/c17-13-3-1-2-12(10-13)11-16(6-7-16)15(20)19-14-4-8-18-9-5-14/h1-3,10,14,18H,4-9,11H2,(H,19,20). The zero-order valence-electron chi connectivity index (χ0n) is 11.6. The van der Waals surface area contributed by atoms with Gasteiger partial charge in [-0.25, -0.2) is 4.39 Å². The van der Waals surface area contributed by atoms with E-state index in [1.165, 1.54) is 12.1 Å². The SMILES string of the molecule is O=C(NC1CCNCC1)C1(Cc2cccc(F)c2)CC1. The maximum absolute atomic E-state index is 13.2. The zero-order valence-corrected chi connectivity index (χ0v) is 11.6. The van der Waals surface area contributed by atoms with E-state index in [-0.39, 0.29) is 17.1 Å². The van der Waals surface area contributed by atoms with Gasteiger partial charge in [-0.05, 0) is 62.9 Å². The molecule has 2 aliphatic rings. The van der Waals surface area contributed by atoms with Crippen molar-refractivity contribution >= 4 is 5.91 Å². The van der Waals surface area contributed by atoms with Crippen LogP contribution in [0.3, 0.4) is 0 Å². The molecular formula is C16H21FN2O. The Labute approximate surface area is 118 Å². The first kappa shape index (κ1) is 13.6. The van der Waals surface area contributed by atoms with Crippen molar-refractivity contribution in [2.75, 3.05) is 13.1 Å². The lowest BCUT2D eigenvalue weighted by Crippen LogP contribution is -2.45. The van der Waals surface area contributed by atoms with E-state index in [1.807, 2.05) is 6.07 Å². The molecule has 1 aliphatic carbocycles. The molecule has 4 heteroatoms. The van der Waals surface area contributed by atoms with Crippen LogP contribution in [0.1, 0.15) is 31.2 Å². The van der Waals surface area contributed by atoms with Crippen LogP contribution in [-0.2, 0) is 11.2 Å². The van der Waals surface area contributed by atoms with Gasteiger partial charge in [-0.15, -0.1) is 0 Å². The van der Waals surface area contributed by atoms with Crippen molar-refractivity contribution < 1.29 is 9.18 Å². The lowest BCUT2D eigenvalue weighted by molar-refractivity contribution is -0.127. The molecule has 1 saturated carbocycles. The number of amides is 1. The topological polar surface area (TPSA) is 41.1 Å². The Hall–Kier alpha value is -1.42. The van der Waals surface area contributed by atoms with Gasteiger partial charge in [0, 0.05) is 6.04 Å². The number of halogens is 1. The largest absolute Gasteiger partial charge is 0.353 e. The highest BCUT2D eigenvalue weighted by Crippen LogP contribution is 2.48. The third kappa shape index (κ3) is 3.01. The first-order valence-corrected chi connectivity index (χ1v) is 7.44. The summed E-state index contributed by atoms with van der Waals surface area (Å²) < 4.78 is 13.2. The third-order valence-electron chi connectivity index (χ3n) is 4.44. The minimum Gasteiger partial charge on any atom is -0.353 e. The molecule has 3 nitrogen and oxygen atoms in total. The van der Waals surface area contributed by atoms with E-state index in [2.05, 4.69) is 10.6 Å². The molecular weight excluding hydrogens is 255 g/mol. The van der Waals surface area contributed by atoms with Crippen LogP contribution in [0.2, 0.25) is 0 Å². The van der Waals surface area contributed by atoms with Gasteiger partial charge < -0.3 is 10.6 Å². The Morgan fingerprint density at radius 3 is 2.75 bits per heavy atom. The molecule has 1 aliphatic heterocycles. The average molecular weight is 276 g/mol. The third-order valence-corrected chi connectivity index (χ3v) is 4.44. The second kappa shape index (κ2) is 5.52. The smallest absolute Gasteiger partial charge is 0.226 e. The van der Waals surface area contributed by atoms with Gasteiger partial charge in [-0.2, -0.15) is 0 Å². The lowest BCUT2D eigenvalue weighted by atomic mass is 9.94. The van der Waals surface area contributed by atoms with Crippen LogP contribution in [-0.4, -0.2) is 25.0 Å². The van der Waals surface area contributed by atoms with Crippen molar-refractivity contribution in [3.8, 4) is 0 Å². The Morgan fingerprint density at radius 2 is 2.10 bits per heavy atom. The van der Waals surface area contributed by atoms with Crippen molar-refractivity contribution in [1.82, 2.24) is 10.6 Å². The Morgan fingerprint density at radius 1 is 1.35 bits per heavy atom. The van der Waals surface area contributed by atoms with E-state index in [0.717, 1.165) is 44.3 Å². The van der Waals surface area contributed by atoms with E-state index >= 15 is 0 Å². The van der Waals surface area contributed by atoms with Gasteiger partial charge in [-0.3, -0.25) is 4.79 Å². The summed E-state index contributed by atoms with van der Waals surface area (Å²) >= 11 is 0. The molecule has 1 saturated heterocycles. The van der Waals surface area contributed by atoms with Crippen LogP contribution < -0.4 is 10.6 Å². The van der Waals surface area contributed by atoms with Gasteiger partial charge in [0.05, 0.1) is 5.41 Å². The summed E-state index contributed by atoms with van der Waals surface area (Å²) in [6.07, 6.45) is 4.49. The summed E-state index contributed by atoms with van der Waals surface area (Å²) in [6.45, 7) is 1.95. The fraction of sp³-hybridized carbons (Fsp3) is 0.562. The summed E-state index contributed by atoms with van der Waals surface area (Å²) in [5.74, 6) is -0.0641. The van der Waals surface area contributed by atoms with Crippen LogP contribution in [0.5, 0.6) is 0 Å². The van der Waals surface area contributed by atoms with E-state index in [4.69, 9.17) is 0 Å². The zero-order chi connectivity index (χ0) is 14.0. The van der Waals surface area contributed by atoms with Crippen molar-refractivity contribution in [3.05, 3.63) is 35.6 Å². The van der Waals surface area contributed by atoms with E-state index in [0.29, 0.717) is 12.5 Å². The predicted molar refractivity (Wildman–Crippen MR) is 75.8 cm³/mol. The number of carbonyl (C=O) groups excluding carboxylic acids is 1. The molecule has 0 unspecified atom stereocenters. The molecule has 0 atom stereocenters. The van der Waals surface area contributed by atoms with E-state index in [9.17, 15) is 9.18 Å². The number of hydrogen-bond donors (Lipinski definition) is 2. The molecule has 108 valence electrons. The second-order valence-corrected chi connectivity index (χ2v) is 6.08. The van der Waals surface area contributed by atoms with Gasteiger partial charge in [0.1, 0.15) is 5.82 Å². The highest BCUT2D eigenvalue weighted by molar-refractivity contribution is 5.85. The maximum Gasteiger partial charge on any atom is 0.226 e. The number of hydrogen-bond acceptors (Lipinski definition) is 2. The van der Waals surface area contributed by atoms with Gasteiger partial charge >= 0.3 is 0 Å². The number of carbonyl (C=O) groups is 1. The first-order valence-electron chi connectivity index (χ1n) is 7.44. The molecule has 2 N–H and O–H groups in total. The predicted octanol–water partition coefficient (Wildman–Crippen LogP) is 2.02. The van der Waals surface area contributed by atoms with Crippen molar-refractivity contribution in [1.29, 1.82) is 0 Å². The second-order valence-electron chi connectivity index (χ2n) is 6.08. The normalized spacial score (nSPS) is 21.4. The average Bonchev–Trinajstić information content (AvgIpc) is 3.21. The van der Waals surface area contributed by atoms with Gasteiger partial charge in [0.2, 0.25) is 5.91 Å². The molecule has 0 radical (unpaired) electrons. The first-order chi connectivity index (χ1) is 9.68. The number of piperidine rings is 1. The summed E-state index contributed by atoms with van der Waals surface area (Å²) in [5.41, 5.74) is 0.640. The quantitative estimate of drug-likeness (QED) is 0.883. The highest BCUT2D eigenvalue weighted by Gasteiger charge is 2.49. The monoisotopic (exact) mass is 276 g/mol.